The fourth-order valence-electron chi connectivity index (χ4n) is 10.6. The van der Waals surface area contributed by atoms with E-state index in [-0.39, 0.29) is 24.2 Å². The van der Waals surface area contributed by atoms with Gasteiger partial charge in [-0.1, -0.05) is 97.2 Å². The lowest BCUT2D eigenvalue weighted by Gasteiger charge is -2.19. The van der Waals surface area contributed by atoms with Gasteiger partial charge in [-0.15, -0.1) is 12.4 Å². The average molecular weight is 1310 g/mol. The number of hydrogen-bond acceptors (Lipinski definition) is 20. The van der Waals surface area contributed by atoms with Crippen LogP contribution in [0.15, 0.2) is 72.8 Å². The van der Waals surface area contributed by atoms with Gasteiger partial charge in [0.2, 0.25) is 11.9 Å². The number of nitrogen functional groups attached to an aromatic ring is 2. The first-order valence-electron chi connectivity index (χ1n) is 32.4. The number of nitrogens with two attached hydrogens (primary N) is 2. The molecule has 20 nitrogen and oxygen atoms in total. The first-order valence-corrected chi connectivity index (χ1v) is 34.9. The van der Waals surface area contributed by atoms with Crippen LogP contribution in [0.4, 0.5) is 23.5 Å². The molecule has 0 aliphatic carbocycles. The number of fused-ring (bicyclic) bond motifs is 2. The van der Waals surface area contributed by atoms with E-state index in [1.807, 2.05) is 130 Å². The minimum Gasteiger partial charge on any atom is -0.493 e. The van der Waals surface area contributed by atoms with Crippen LogP contribution in [0.5, 0.6) is 23.0 Å². The van der Waals surface area contributed by atoms with Crippen LogP contribution in [0.1, 0.15) is 135 Å². The van der Waals surface area contributed by atoms with Gasteiger partial charge in [-0.2, -0.15) is 9.97 Å². The van der Waals surface area contributed by atoms with Gasteiger partial charge in [0, 0.05) is 126 Å². The Kier molecular flexibility index (Phi) is 35.5. The Balaban J connectivity index is 0.0000150. The molecule has 2 amide bonds. The molecule has 0 unspecified atom stereocenters. The van der Waals surface area contributed by atoms with Gasteiger partial charge in [-0.25, -0.2) is 9.97 Å². The number of methoxy groups -OCH3 is 4. The number of rotatable bonds is 47. The molecule has 0 radical (unpaired) electrons. The van der Waals surface area contributed by atoms with Crippen LogP contribution in [0, 0.1) is 0 Å². The summed E-state index contributed by atoms with van der Waals surface area (Å²) in [5, 5.41) is 15.8. The molecule has 6 rings (SSSR count). The van der Waals surface area contributed by atoms with Crippen molar-refractivity contribution in [1.29, 1.82) is 0 Å². The van der Waals surface area contributed by atoms with Crippen LogP contribution >= 0.6 is 34.0 Å². The molecule has 0 saturated carbocycles. The molecule has 23 heteroatoms. The highest BCUT2D eigenvalue weighted by Gasteiger charge is 2.18. The Morgan fingerprint density at radius 1 is 0.429 bits per heavy atom. The Labute approximate surface area is 556 Å². The van der Waals surface area contributed by atoms with Crippen molar-refractivity contribution in [2.45, 2.75) is 116 Å². The van der Waals surface area contributed by atoms with Crippen molar-refractivity contribution in [3.05, 3.63) is 95.1 Å². The number of nitrogens with zero attached hydrogens (tertiary/aromatic N) is 8. The SMILES string of the molecule is COc1cc2nc(N(C)CCCCCCN(C)C(=O)c3cccc(CNCCCCCCNCCSSCCNCCCCCCNCc4cccc(C(=O)N(C)CCCCCCN(C)c5nc(N)c6cc(OC)c(OC)cc6n5)c4)c3)nc(N)c2cc1OC.Cl. The number of nitrogens with one attached hydrogen (secondary N) is 4. The van der Waals surface area contributed by atoms with Gasteiger partial charge >= 0.3 is 0 Å². The largest absolute Gasteiger partial charge is 0.493 e. The zero-order chi connectivity index (χ0) is 64.3. The molecule has 91 heavy (non-hydrogen) atoms. The van der Waals surface area contributed by atoms with Crippen LogP contribution in [-0.2, 0) is 13.1 Å². The lowest BCUT2D eigenvalue weighted by molar-refractivity contribution is 0.0785. The molecule has 0 atom stereocenters. The highest BCUT2D eigenvalue weighted by molar-refractivity contribution is 8.76. The summed E-state index contributed by atoms with van der Waals surface area (Å²) in [6, 6.07) is 23.3. The molecule has 0 aliphatic heterocycles. The molecule has 502 valence electrons. The van der Waals surface area contributed by atoms with Crippen LogP contribution in [0.25, 0.3) is 21.8 Å². The number of carbonyl (C=O) groups is 2. The quantitative estimate of drug-likeness (QED) is 0.0154. The third kappa shape index (κ3) is 26.0. The summed E-state index contributed by atoms with van der Waals surface area (Å²) in [5.74, 6) is 6.72. The summed E-state index contributed by atoms with van der Waals surface area (Å²) in [4.78, 5) is 52.9. The Morgan fingerprint density at radius 2 is 0.769 bits per heavy atom. The van der Waals surface area contributed by atoms with E-state index in [2.05, 4.69) is 43.4 Å². The lowest BCUT2D eigenvalue weighted by Crippen LogP contribution is -2.28. The number of unbranched alkanes of at least 4 members (excludes halogenated alkanes) is 12. The maximum Gasteiger partial charge on any atom is 0.253 e. The maximum absolute atomic E-state index is 13.3. The minimum atomic E-state index is 0. The normalized spacial score (nSPS) is 11.2. The van der Waals surface area contributed by atoms with Gasteiger partial charge in [0.1, 0.15) is 11.6 Å². The number of anilines is 4. The molecular weight excluding hydrogens is 1210 g/mol. The van der Waals surface area contributed by atoms with E-state index in [0.717, 1.165) is 187 Å². The minimum absolute atomic E-state index is 0. The first kappa shape index (κ1) is 75.4. The molecular formula is C68H105ClN14O6S2. The predicted octanol–water partition coefficient (Wildman–Crippen LogP) is 11.3. The third-order valence-corrected chi connectivity index (χ3v) is 18.4. The van der Waals surface area contributed by atoms with Crippen molar-refractivity contribution >= 4 is 91.1 Å². The standard InChI is InChI=1S/C68H104N14O6S2.ClH/c1-79(37-21-13-15-23-39-81(3)67-75-57-47-61(87-7)59(85-5)45-55(57)63(69)77-67)65(83)53-29-25-27-51(43-53)49-73-33-19-11-9-17-31-71-35-41-89-90-42-36-72-32-18-10-12-20-34-74-50-52-28-26-30-54(44-52)66(84)80(2)38-22-14-16-24-40-82(4)68-76-58-48-62(88-8)60(86-6)46-56(58)64(70)78-68;/h25-30,43-48,71-74H,9-24,31-42,49-50H2,1-8H3,(H2,69,75,77)(H2,70,76,78);1H. The van der Waals surface area contributed by atoms with Crippen molar-refractivity contribution in [2.24, 2.45) is 0 Å². The predicted molar refractivity (Wildman–Crippen MR) is 383 cm³/mol. The molecule has 0 bridgehead atoms. The third-order valence-electron chi connectivity index (χ3n) is 16.0. The van der Waals surface area contributed by atoms with Crippen LogP contribution in [0.3, 0.4) is 0 Å². The fourth-order valence-corrected chi connectivity index (χ4v) is 12.5. The number of ether oxygens (including phenoxy) is 4. The smallest absolute Gasteiger partial charge is 0.253 e. The molecule has 2 heterocycles. The molecule has 6 aromatic rings. The molecule has 0 aliphatic rings. The molecule has 8 N–H and O–H groups in total. The molecule has 4 aromatic carbocycles. The van der Waals surface area contributed by atoms with Crippen LogP contribution in [-0.4, -0.2) is 175 Å². The monoisotopic (exact) mass is 1310 g/mol. The van der Waals surface area contributed by atoms with E-state index in [1.165, 1.54) is 38.5 Å². The Bertz CT molecular complexity index is 2900. The summed E-state index contributed by atoms with van der Waals surface area (Å²) in [5.41, 5.74) is 17.8. The fraction of sp³-hybridized carbons (Fsp3) is 0.559. The zero-order valence-corrected chi connectivity index (χ0v) is 58.0. The van der Waals surface area contributed by atoms with Gasteiger partial charge in [0.25, 0.3) is 11.8 Å². The maximum atomic E-state index is 13.3. The lowest BCUT2D eigenvalue weighted by atomic mass is 10.1. The molecule has 0 spiro atoms. The van der Waals surface area contributed by atoms with Gasteiger partial charge < -0.3 is 71.3 Å². The number of benzene rings is 4. The van der Waals surface area contributed by atoms with Crippen molar-refractivity contribution in [3.63, 3.8) is 0 Å². The van der Waals surface area contributed by atoms with Crippen molar-refractivity contribution in [2.75, 3.05) is 155 Å². The van der Waals surface area contributed by atoms with Crippen molar-refractivity contribution in [3.8, 4) is 23.0 Å². The Morgan fingerprint density at radius 3 is 1.14 bits per heavy atom. The number of carbonyl (C=O) groups excluding carboxylic acids is 2. The summed E-state index contributed by atoms with van der Waals surface area (Å²) in [7, 11) is 18.1. The second-order valence-electron chi connectivity index (χ2n) is 23.1. The summed E-state index contributed by atoms with van der Waals surface area (Å²) in [6.07, 6.45) is 17.6. The van der Waals surface area contributed by atoms with Crippen molar-refractivity contribution in [1.82, 2.24) is 51.0 Å². The van der Waals surface area contributed by atoms with Crippen LogP contribution in [0.2, 0.25) is 0 Å². The highest BCUT2D eigenvalue weighted by atomic mass is 35.5. The Hall–Kier alpha value is -6.27. The van der Waals surface area contributed by atoms with E-state index in [0.29, 0.717) is 57.6 Å². The number of amides is 2. The van der Waals surface area contributed by atoms with Gasteiger partial charge in [-0.05, 0) is 125 Å². The van der Waals surface area contributed by atoms with Gasteiger partial charge in [0.05, 0.1) is 39.5 Å². The molecule has 0 saturated heterocycles. The molecule has 2 aromatic heterocycles. The van der Waals surface area contributed by atoms with E-state index >= 15 is 0 Å². The average Bonchev–Trinajstić information content (AvgIpc) is 1.55. The van der Waals surface area contributed by atoms with E-state index in [9.17, 15) is 9.59 Å². The molecule has 0 fully saturated rings. The second kappa shape index (κ2) is 42.8. The van der Waals surface area contributed by atoms with E-state index in [4.69, 9.17) is 40.4 Å². The van der Waals surface area contributed by atoms with Crippen LogP contribution < -0.4 is 61.5 Å². The van der Waals surface area contributed by atoms with Gasteiger partial charge in [0.15, 0.2) is 23.0 Å². The summed E-state index contributed by atoms with van der Waals surface area (Å²) >= 11 is 0. The highest BCUT2D eigenvalue weighted by Crippen LogP contribution is 2.35. The first-order chi connectivity index (χ1) is 43.8. The van der Waals surface area contributed by atoms with E-state index in [1.54, 1.807) is 28.4 Å². The van der Waals surface area contributed by atoms with Crippen molar-refractivity contribution < 1.29 is 28.5 Å². The number of aromatic nitrogens is 4. The summed E-state index contributed by atoms with van der Waals surface area (Å²) in [6.45, 7) is 10.8. The van der Waals surface area contributed by atoms with E-state index < -0.39 is 0 Å². The number of halogens is 1. The summed E-state index contributed by atoms with van der Waals surface area (Å²) < 4.78 is 21.7. The zero-order valence-electron chi connectivity index (χ0n) is 55.5. The topological polar surface area (TPSA) is 236 Å². The second-order valence-corrected chi connectivity index (χ2v) is 25.8. The van der Waals surface area contributed by atoms with Gasteiger partial charge in [-0.3, -0.25) is 9.59 Å². The number of hydrogen-bond donors (Lipinski definition) is 6.